The zero-order valence-electron chi connectivity index (χ0n) is 25.0. The minimum Gasteiger partial charge on any atom is -0.390 e. The van der Waals surface area contributed by atoms with Crippen molar-refractivity contribution >= 4 is 23.2 Å². The zero-order chi connectivity index (χ0) is 29.3. The van der Waals surface area contributed by atoms with Crippen molar-refractivity contribution in [2.45, 2.75) is 71.1 Å². The van der Waals surface area contributed by atoms with E-state index in [2.05, 4.69) is 47.7 Å². The molecule has 1 fully saturated rings. The summed E-state index contributed by atoms with van der Waals surface area (Å²) < 4.78 is 0. The number of nitrogens with zero attached hydrogens (tertiary/aromatic N) is 3. The number of aryl methyl sites for hydroxylation is 1. The van der Waals surface area contributed by atoms with Crippen LogP contribution in [0.15, 0.2) is 35.3 Å². The fraction of sp³-hybridized carbons (Fsp3) is 0.562. The lowest BCUT2D eigenvalue weighted by molar-refractivity contribution is -0.115. The summed E-state index contributed by atoms with van der Waals surface area (Å²) in [5, 5.41) is 19.3. The molecule has 2 aliphatic heterocycles. The standard InChI is InChI=1S/C32H44N6O3/c1-32(2,3)22-9-10-23-21(14-22)15-25-26(34-23)16-27(35-25)31(41)36-24(11-12-38(4)5)19-7-6-8-20(13-19)30(40)37-28-17-33-18-29(28)39/h6-8,13,15,22,24,28-29,33,39H,9-12,14,16-18H2,1-5H3,(H,36,41)(H,37,40)/t22-,24+,28+,29+/m0/s1. The first-order valence-corrected chi connectivity index (χ1v) is 14.8. The molecule has 4 N–H and O–H groups in total. The molecule has 1 aromatic heterocycles. The summed E-state index contributed by atoms with van der Waals surface area (Å²) >= 11 is 0. The van der Waals surface area contributed by atoms with Gasteiger partial charge < -0.3 is 26.0 Å². The van der Waals surface area contributed by atoms with Gasteiger partial charge in [-0.05, 0) is 87.0 Å². The Kier molecular flexibility index (Phi) is 8.59. The molecule has 3 aliphatic rings. The number of β-amino-alcohol motifs (C(OH)–C–C–N with tert-alkyl or cyclic N) is 1. The number of fused-ring (bicyclic) bond motifs is 2. The Morgan fingerprint density at radius 2 is 1.95 bits per heavy atom. The number of hydrogen-bond donors (Lipinski definition) is 4. The number of aromatic nitrogens is 1. The van der Waals surface area contributed by atoms with E-state index in [1.165, 1.54) is 5.56 Å². The van der Waals surface area contributed by atoms with Crippen LogP contribution in [0.2, 0.25) is 0 Å². The first-order valence-electron chi connectivity index (χ1n) is 14.8. The van der Waals surface area contributed by atoms with Crippen molar-refractivity contribution in [3.05, 3.63) is 58.4 Å². The van der Waals surface area contributed by atoms with Crippen LogP contribution < -0.4 is 16.0 Å². The maximum absolute atomic E-state index is 13.5. The topological polar surface area (TPSA) is 119 Å². The van der Waals surface area contributed by atoms with Gasteiger partial charge in [-0.3, -0.25) is 14.6 Å². The molecule has 0 saturated carbocycles. The highest BCUT2D eigenvalue weighted by molar-refractivity contribution is 6.40. The van der Waals surface area contributed by atoms with Crippen molar-refractivity contribution in [1.29, 1.82) is 0 Å². The summed E-state index contributed by atoms with van der Waals surface area (Å²) in [6.45, 7) is 8.67. The van der Waals surface area contributed by atoms with Crippen molar-refractivity contribution in [2.75, 3.05) is 33.7 Å². The van der Waals surface area contributed by atoms with Gasteiger partial charge in [-0.1, -0.05) is 32.9 Å². The van der Waals surface area contributed by atoms with Crippen LogP contribution in [0.4, 0.5) is 5.69 Å². The minimum atomic E-state index is -0.606. The Balaban J connectivity index is 1.31. The third kappa shape index (κ3) is 6.85. The average molecular weight is 561 g/mol. The van der Waals surface area contributed by atoms with Gasteiger partial charge >= 0.3 is 0 Å². The van der Waals surface area contributed by atoms with Crippen molar-refractivity contribution in [1.82, 2.24) is 25.8 Å². The largest absolute Gasteiger partial charge is 0.390 e. The van der Waals surface area contributed by atoms with Crippen LogP contribution in [-0.4, -0.2) is 78.4 Å². The number of rotatable bonds is 8. The smallest absolute Gasteiger partial charge is 0.266 e. The fourth-order valence-corrected chi connectivity index (χ4v) is 6.05. The van der Waals surface area contributed by atoms with Crippen molar-refractivity contribution in [3.8, 4) is 0 Å². The number of hydrogen-bond acceptors (Lipinski definition) is 7. The van der Waals surface area contributed by atoms with Gasteiger partial charge in [0.2, 0.25) is 0 Å². The Morgan fingerprint density at radius 3 is 2.66 bits per heavy atom. The second-order valence-electron chi connectivity index (χ2n) is 13.2. The molecule has 1 saturated heterocycles. The first-order chi connectivity index (χ1) is 19.5. The molecule has 220 valence electrons. The Labute approximate surface area is 243 Å². The Hall–Kier alpha value is -3.14. The Morgan fingerprint density at radius 1 is 1.15 bits per heavy atom. The van der Waals surface area contributed by atoms with Gasteiger partial charge in [0, 0.05) is 30.8 Å². The molecule has 5 rings (SSSR count). The van der Waals surface area contributed by atoms with Crippen LogP contribution in [0.3, 0.4) is 0 Å². The van der Waals surface area contributed by atoms with Gasteiger partial charge in [0.1, 0.15) is 5.71 Å². The molecular formula is C32H44N6O3. The lowest BCUT2D eigenvalue weighted by Crippen LogP contribution is -2.42. The van der Waals surface area contributed by atoms with Gasteiger partial charge in [-0.25, -0.2) is 4.99 Å². The molecule has 2 aromatic rings. The summed E-state index contributed by atoms with van der Waals surface area (Å²) in [7, 11) is 4.00. The molecule has 9 heteroatoms. The molecule has 0 spiro atoms. The predicted molar refractivity (Wildman–Crippen MR) is 161 cm³/mol. The van der Waals surface area contributed by atoms with Gasteiger partial charge in [0.05, 0.1) is 29.6 Å². The molecule has 1 aromatic carbocycles. The van der Waals surface area contributed by atoms with Crippen molar-refractivity contribution in [2.24, 2.45) is 16.3 Å². The SMILES string of the molecule is CN(C)CC[C@@H](NC(=O)C1=Nc2cc3c(nc2C1)CC[C@H](C(C)(C)C)C3)c1cccc(C(=O)N[C@@H]2CNC[C@H]2O)c1. The minimum absolute atomic E-state index is 0.202. The number of aliphatic imine (C=N–C) groups is 1. The summed E-state index contributed by atoms with van der Waals surface area (Å²) in [5.74, 6) is 0.169. The number of amides is 2. The monoisotopic (exact) mass is 560 g/mol. The second kappa shape index (κ2) is 12.0. The van der Waals surface area contributed by atoms with Gasteiger partial charge in [-0.2, -0.15) is 0 Å². The molecule has 0 radical (unpaired) electrons. The number of nitrogens with one attached hydrogen (secondary N) is 3. The number of aliphatic hydroxyl groups excluding tert-OH is 1. The third-order valence-electron chi connectivity index (χ3n) is 8.74. The van der Waals surface area contributed by atoms with Crippen LogP contribution in [0.1, 0.15) is 72.5 Å². The highest BCUT2D eigenvalue weighted by Gasteiger charge is 2.32. The molecule has 1 aliphatic carbocycles. The van der Waals surface area contributed by atoms with Gasteiger partial charge in [0.15, 0.2) is 0 Å². The average Bonchev–Trinajstić information content (AvgIpc) is 3.53. The lowest BCUT2D eigenvalue weighted by Gasteiger charge is -2.34. The van der Waals surface area contributed by atoms with Gasteiger partial charge in [-0.15, -0.1) is 0 Å². The molecule has 0 unspecified atom stereocenters. The molecular weight excluding hydrogens is 516 g/mol. The maximum atomic E-state index is 13.5. The molecule has 9 nitrogen and oxygen atoms in total. The molecule has 4 atom stereocenters. The van der Waals surface area contributed by atoms with E-state index in [4.69, 9.17) is 9.98 Å². The zero-order valence-corrected chi connectivity index (χ0v) is 25.0. The quantitative estimate of drug-likeness (QED) is 0.394. The number of aliphatic hydroxyl groups is 1. The van der Waals surface area contributed by atoms with Crippen LogP contribution in [0.25, 0.3) is 0 Å². The number of benzene rings is 1. The van der Waals surface area contributed by atoms with E-state index in [0.717, 1.165) is 48.4 Å². The molecule has 41 heavy (non-hydrogen) atoms. The molecule has 0 bridgehead atoms. The van der Waals surface area contributed by atoms with E-state index in [1.807, 2.05) is 32.3 Å². The normalized spacial score (nSPS) is 22.6. The van der Waals surface area contributed by atoms with E-state index in [0.29, 0.717) is 43.1 Å². The van der Waals surface area contributed by atoms with E-state index in [-0.39, 0.29) is 29.3 Å². The number of carbonyl (C=O) groups excluding carboxylic acids is 2. The van der Waals surface area contributed by atoms with E-state index < -0.39 is 6.10 Å². The highest BCUT2D eigenvalue weighted by atomic mass is 16.3. The van der Waals surface area contributed by atoms with E-state index in [9.17, 15) is 14.7 Å². The highest BCUT2D eigenvalue weighted by Crippen LogP contribution is 2.39. The summed E-state index contributed by atoms with van der Waals surface area (Å²) in [6, 6.07) is 8.90. The Bertz CT molecular complexity index is 1330. The van der Waals surface area contributed by atoms with Crippen LogP contribution in [-0.2, 0) is 24.1 Å². The van der Waals surface area contributed by atoms with Crippen LogP contribution >= 0.6 is 0 Å². The first kappa shape index (κ1) is 29.4. The number of pyridine rings is 1. The predicted octanol–water partition coefficient (Wildman–Crippen LogP) is 2.73. The third-order valence-corrected chi connectivity index (χ3v) is 8.74. The van der Waals surface area contributed by atoms with Gasteiger partial charge in [0.25, 0.3) is 11.8 Å². The van der Waals surface area contributed by atoms with Crippen LogP contribution in [0.5, 0.6) is 0 Å². The van der Waals surface area contributed by atoms with Crippen LogP contribution in [0, 0.1) is 11.3 Å². The maximum Gasteiger partial charge on any atom is 0.266 e. The summed E-state index contributed by atoms with van der Waals surface area (Å²) in [6.07, 6.45) is 3.61. The summed E-state index contributed by atoms with van der Waals surface area (Å²) in [4.78, 5) is 38.3. The van der Waals surface area contributed by atoms with Crippen molar-refractivity contribution < 1.29 is 14.7 Å². The summed E-state index contributed by atoms with van der Waals surface area (Å²) in [5.41, 5.74) is 6.20. The lowest BCUT2D eigenvalue weighted by atomic mass is 9.71. The molecule has 2 amide bonds. The fourth-order valence-electron chi connectivity index (χ4n) is 6.05. The number of carbonyl (C=O) groups is 2. The second-order valence-corrected chi connectivity index (χ2v) is 13.2. The molecule has 3 heterocycles. The van der Waals surface area contributed by atoms with E-state index in [1.54, 1.807) is 6.07 Å². The van der Waals surface area contributed by atoms with Crippen molar-refractivity contribution in [3.63, 3.8) is 0 Å². The van der Waals surface area contributed by atoms with E-state index >= 15 is 0 Å².